The maximum Gasteiger partial charge on any atom is 0.258 e. The van der Waals surface area contributed by atoms with E-state index in [1.807, 2.05) is 25.7 Å². The van der Waals surface area contributed by atoms with E-state index in [0.29, 0.717) is 0 Å². The van der Waals surface area contributed by atoms with Gasteiger partial charge in [0, 0.05) is 0 Å². The summed E-state index contributed by atoms with van der Waals surface area (Å²) in [6, 6.07) is 0. The lowest BCUT2D eigenvalue weighted by Crippen LogP contribution is -2.04. The van der Waals surface area contributed by atoms with Crippen molar-refractivity contribution in [1.82, 2.24) is 4.67 Å². The summed E-state index contributed by atoms with van der Waals surface area (Å²) in [4.78, 5) is 0. The summed E-state index contributed by atoms with van der Waals surface area (Å²) in [6.45, 7) is 2.76. The van der Waals surface area contributed by atoms with Crippen molar-refractivity contribution in [2.45, 2.75) is 13.0 Å². The normalized spacial score (nSPS) is 36.0. The molecule has 2 atom stereocenters. The maximum absolute atomic E-state index is 5.39. The summed E-state index contributed by atoms with van der Waals surface area (Å²) in [5.41, 5.74) is 0. The Morgan fingerprint density at radius 3 is 2.44 bits per heavy atom. The molecule has 1 aliphatic heterocycles. The van der Waals surface area contributed by atoms with E-state index in [1.165, 1.54) is 0 Å². The smallest absolute Gasteiger partial charge is 0.258 e. The largest absolute Gasteiger partial charge is 0.319 e. The first-order chi connectivity index (χ1) is 4.20. The topological polar surface area (TPSA) is 21.7 Å². The Kier molecular flexibility index (Phi) is 2.42. The molecule has 1 fully saturated rings. The van der Waals surface area contributed by atoms with Gasteiger partial charge in [0.1, 0.15) is 0 Å². The van der Waals surface area contributed by atoms with Gasteiger partial charge in [0.15, 0.2) is 0 Å². The highest BCUT2D eigenvalue weighted by molar-refractivity contribution is 7.44. The van der Waals surface area contributed by atoms with Crippen molar-refractivity contribution < 1.29 is 9.05 Å². The van der Waals surface area contributed by atoms with Crippen molar-refractivity contribution in [3.05, 3.63) is 0 Å². The summed E-state index contributed by atoms with van der Waals surface area (Å²) in [7, 11) is 3.21. The number of nitrogens with zero attached hydrogens (tertiary/aromatic N) is 1. The average molecular weight is 149 g/mol. The molecule has 0 aromatic heterocycles. The Labute approximate surface area is 56.9 Å². The second-order valence-corrected chi connectivity index (χ2v) is 4.04. The third kappa shape index (κ3) is 1.87. The minimum absolute atomic E-state index is 0.276. The second-order valence-electron chi connectivity index (χ2n) is 2.30. The fraction of sp³-hybridized carbons (Fsp3) is 1.00. The van der Waals surface area contributed by atoms with Crippen LogP contribution in [0.2, 0.25) is 0 Å². The first-order valence-corrected chi connectivity index (χ1v) is 4.10. The fourth-order valence-electron chi connectivity index (χ4n) is 0.593. The SMILES string of the molecule is C[C@@H]1COP(N(C)C)O1. The molecule has 54 valence electrons. The van der Waals surface area contributed by atoms with E-state index in [4.69, 9.17) is 9.05 Å². The molecule has 0 spiro atoms. The van der Waals surface area contributed by atoms with E-state index in [1.54, 1.807) is 0 Å². The van der Waals surface area contributed by atoms with Crippen molar-refractivity contribution in [3.63, 3.8) is 0 Å². The van der Waals surface area contributed by atoms with Crippen LogP contribution in [0.1, 0.15) is 6.92 Å². The highest BCUT2D eigenvalue weighted by Gasteiger charge is 2.25. The fourth-order valence-corrected chi connectivity index (χ4v) is 1.78. The van der Waals surface area contributed by atoms with E-state index in [0.717, 1.165) is 6.61 Å². The predicted octanol–water partition coefficient (Wildman–Crippen LogP) is 1.21. The zero-order valence-corrected chi connectivity index (χ0v) is 6.89. The highest BCUT2D eigenvalue weighted by Crippen LogP contribution is 2.46. The minimum atomic E-state index is -0.710. The van der Waals surface area contributed by atoms with Crippen LogP contribution in [0.3, 0.4) is 0 Å². The Morgan fingerprint density at radius 2 is 2.22 bits per heavy atom. The van der Waals surface area contributed by atoms with Crippen LogP contribution in [0.4, 0.5) is 0 Å². The monoisotopic (exact) mass is 149 g/mol. The van der Waals surface area contributed by atoms with Crippen LogP contribution in [0.5, 0.6) is 0 Å². The van der Waals surface area contributed by atoms with Crippen molar-refractivity contribution in [2.75, 3.05) is 20.7 Å². The molecule has 1 rings (SSSR count). The molecule has 1 unspecified atom stereocenters. The number of hydrogen-bond donors (Lipinski definition) is 0. The molecule has 0 saturated carbocycles. The van der Waals surface area contributed by atoms with Crippen molar-refractivity contribution in [2.24, 2.45) is 0 Å². The first kappa shape index (κ1) is 7.42. The van der Waals surface area contributed by atoms with Gasteiger partial charge in [-0.3, -0.25) is 0 Å². The average Bonchev–Trinajstić information content (AvgIpc) is 2.14. The summed E-state index contributed by atoms with van der Waals surface area (Å²) in [5.74, 6) is 0. The molecule has 0 aliphatic carbocycles. The van der Waals surface area contributed by atoms with Crippen LogP contribution < -0.4 is 0 Å². The molecule has 0 N–H and O–H groups in total. The van der Waals surface area contributed by atoms with Gasteiger partial charge in [-0.25, -0.2) is 4.67 Å². The van der Waals surface area contributed by atoms with Gasteiger partial charge >= 0.3 is 0 Å². The molecule has 3 nitrogen and oxygen atoms in total. The second kappa shape index (κ2) is 2.93. The van der Waals surface area contributed by atoms with E-state index >= 15 is 0 Å². The van der Waals surface area contributed by atoms with Gasteiger partial charge < -0.3 is 9.05 Å². The predicted molar refractivity (Wildman–Crippen MR) is 37.1 cm³/mol. The summed E-state index contributed by atoms with van der Waals surface area (Å²) >= 11 is 0. The Balaban J connectivity index is 2.30. The third-order valence-corrected chi connectivity index (χ3v) is 2.58. The molecule has 0 aromatic carbocycles. The number of rotatable bonds is 1. The van der Waals surface area contributed by atoms with Gasteiger partial charge in [-0.05, 0) is 21.0 Å². The maximum atomic E-state index is 5.39. The van der Waals surface area contributed by atoms with Gasteiger partial charge in [0.05, 0.1) is 12.7 Å². The van der Waals surface area contributed by atoms with Crippen LogP contribution in [-0.4, -0.2) is 31.5 Å². The molecule has 0 radical (unpaired) electrons. The van der Waals surface area contributed by atoms with Gasteiger partial charge in [-0.1, -0.05) is 0 Å². The van der Waals surface area contributed by atoms with E-state index in [9.17, 15) is 0 Å². The van der Waals surface area contributed by atoms with Crippen molar-refractivity contribution in [1.29, 1.82) is 0 Å². The van der Waals surface area contributed by atoms with Crippen molar-refractivity contribution >= 4 is 8.53 Å². The third-order valence-electron chi connectivity index (χ3n) is 1.02. The standard InChI is InChI=1S/C5H12NO2P/c1-5-4-7-9(8-5)6(2)3/h5H,4H2,1-3H3/t5-,9?/m1/s1. The Bertz CT molecular complexity index is 99.0. The van der Waals surface area contributed by atoms with Crippen LogP contribution in [0, 0.1) is 0 Å². The number of hydrogen-bond acceptors (Lipinski definition) is 3. The molecule has 0 amide bonds. The van der Waals surface area contributed by atoms with Gasteiger partial charge in [0.25, 0.3) is 8.53 Å². The lowest BCUT2D eigenvalue weighted by Gasteiger charge is -2.14. The molecule has 0 aromatic rings. The van der Waals surface area contributed by atoms with Crippen LogP contribution >= 0.6 is 8.53 Å². The van der Waals surface area contributed by atoms with Crippen LogP contribution in [0.15, 0.2) is 0 Å². The lowest BCUT2D eigenvalue weighted by molar-refractivity contribution is 0.259. The molecular formula is C5H12NO2P. The zero-order valence-electron chi connectivity index (χ0n) is 6.00. The molecular weight excluding hydrogens is 137 g/mol. The van der Waals surface area contributed by atoms with E-state index < -0.39 is 8.53 Å². The zero-order chi connectivity index (χ0) is 6.85. The minimum Gasteiger partial charge on any atom is -0.319 e. The van der Waals surface area contributed by atoms with Gasteiger partial charge in [-0.15, -0.1) is 0 Å². The molecule has 4 heteroatoms. The van der Waals surface area contributed by atoms with Crippen molar-refractivity contribution in [3.8, 4) is 0 Å². The molecule has 1 heterocycles. The van der Waals surface area contributed by atoms with Crippen LogP contribution in [-0.2, 0) is 9.05 Å². The van der Waals surface area contributed by atoms with Gasteiger partial charge in [-0.2, -0.15) is 0 Å². The molecule has 1 aliphatic rings. The highest BCUT2D eigenvalue weighted by atomic mass is 31.2. The van der Waals surface area contributed by atoms with Crippen LogP contribution in [0.25, 0.3) is 0 Å². The van der Waals surface area contributed by atoms with E-state index in [2.05, 4.69) is 0 Å². The Hall–Kier alpha value is 0.310. The summed E-state index contributed by atoms with van der Waals surface area (Å²) in [5, 5.41) is 0. The molecule has 0 bridgehead atoms. The first-order valence-electron chi connectivity index (χ1n) is 2.97. The Morgan fingerprint density at radius 1 is 1.56 bits per heavy atom. The molecule has 1 saturated heterocycles. The molecule has 9 heavy (non-hydrogen) atoms. The van der Waals surface area contributed by atoms with Gasteiger partial charge in [0.2, 0.25) is 0 Å². The lowest BCUT2D eigenvalue weighted by atomic mass is 10.5. The summed E-state index contributed by atoms with van der Waals surface area (Å²) < 4.78 is 12.7. The quantitative estimate of drug-likeness (QED) is 0.523. The van der Waals surface area contributed by atoms with E-state index in [-0.39, 0.29) is 6.10 Å². The summed E-state index contributed by atoms with van der Waals surface area (Å²) in [6.07, 6.45) is 0.276.